The van der Waals surface area contributed by atoms with Gasteiger partial charge in [0, 0.05) is 43.0 Å². The van der Waals surface area contributed by atoms with Gasteiger partial charge in [-0.2, -0.15) is 0 Å². The highest BCUT2D eigenvalue weighted by Gasteiger charge is 2.32. The van der Waals surface area contributed by atoms with E-state index in [9.17, 15) is 29.1 Å². The zero-order chi connectivity index (χ0) is 28.2. The monoisotopic (exact) mass is 533 g/mol. The predicted octanol–water partition coefficient (Wildman–Crippen LogP) is -1.90. The van der Waals surface area contributed by atoms with E-state index < -0.39 is 53.8 Å². The number of carboxylic acids is 1. The SMILES string of the molecule is CCC(C)C(NC(=O)C(Cc1cnc[nH]1)NC(=O)C(Cc1cnc[nH]1)NC(=O)C(N)CCC(N)=O)C(=O)O. The van der Waals surface area contributed by atoms with Crippen LogP contribution in [-0.2, 0) is 36.8 Å². The van der Waals surface area contributed by atoms with Crippen LogP contribution < -0.4 is 27.4 Å². The van der Waals surface area contributed by atoms with Crippen LogP contribution in [0.2, 0.25) is 0 Å². The third kappa shape index (κ3) is 9.31. The van der Waals surface area contributed by atoms with Crippen LogP contribution in [0.1, 0.15) is 44.5 Å². The topological polar surface area (TPSA) is 251 Å². The van der Waals surface area contributed by atoms with E-state index in [-0.39, 0.29) is 31.6 Å². The molecule has 2 aromatic heterocycles. The van der Waals surface area contributed by atoms with Crippen molar-refractivity contribution >= 4 is 29.6 Å². The van der Waals surface area contributed by atoms with Crippen molar-refractivity contribution in [1.82, 2.24) is 35.9 Å². The lowest BCUT2D eigenvalue weighted by Crippen LogP contribution is -2.58. The maximum absolute atomic E-state index is 13.3. The van der Waals surface area contributed by atoms with Gasteiger partial charge < -0.3 is 42.5 Å². The molecule has 38 heavy (non-hydrogen) atoms. The largest absolute Gasteiger partial charge is 0.480 e. The number of imidazole rings is 2. The quantitative estimate of drug-likeness (QED) is 0.120. The van der Waals surface area contributed by atoms with Crippen molar-refractivity contribution in [3.63, 3.8) is 0 Å². The first kappa shape index (κ1) is 30.0. The summed E-state index contributed by atoms with van der Waals surface area (Å²) in [6, 6.07) is -4.64. The molecule has 4 amide bonds. The number of carbonyl (C=O) groups excluding carboxylic acids is 4. The number of carboxylic acid groups (broad SMARTS) is 1. The van der Waals surface area contributed by atoms with Crippen LogP contribution in [0.25, 0.3) is 0 Å². The summed E-state index contributed by atoms with van der Waals surface area (Å²) in [5, 5.41) is 17.2. The summed E-state index contributed by atoms with van der Waals surface area (Å²) in [6.07, 6.45) is 6.09. The van der Waals surface area contributed by atoms with E-state index in [2.05, 4.69) is 35.9 Å². The Bertz CT molecular complexity index is 1070. The van der Waals surface area contributed by atoms with Crippen molar-refractivity contribution in [3.05, 3.63) is 36.4 Å². The number of aliphatic carboxylic acids is 1. The van der Waals surface area contributed by atoms with Crippen LogP contribution in [0.5, 0.6) is 0 Å². The average molecular weight is 534 g/mol. The fourth-order valence-electron chi connectivity index (χ4n) is 3.57. The minimum absolute atomic E-state index is 0.0108. The van der Waals surface area contributed by atoms with Gasteiger partial charge in [0.25, 0.3) is 0 Å². The van der Waals surface area contributed by atoms with Gasteiger partial charge in [0.2, 0.25) is 23.6 Å². The Balaban J connectivity index is 2.23. The lowest BCUT2D eigenvalue weighted by molar-refractivity contribution is -0.143. The van der Waals surface area contributed by atoms with E-state index in [0.717, 1.165) is 0 Å². The van der Waals surface area contributed by atoms with Gasteiger partial charge in [-0.3, -0.25) is 19.2 Å². The summed E-state index contributed by atoms with van der Waals surface area (Å²) in [5.41, 5.74) is 12.0. The fraction of sp³-hybridized carbons (Fsp3) is 0.522. The maximum Gasteiger partial charge on any atom is 0.326 e. The van der Waals surface area contributed by atoms with E-state index in [4.69, 9.17) is 11.5 Å². The Morgan fingerprint density at radius 1 is 0.921 bits per heavy atom. The van der Waals surface area contributed by atoms with Crippen LogP contribution in [0.15, 0.2) is 25.0 Å². The first-order valence-electron chi connectivity index (χ1n) is 12.1. The van der Waals surface area contributed by atoms with Crippen molar-refractivity contribution < 1.29 is 29.1 Å². The number of amides is 4. The van der Waals surface area contributed by atoms with Gasteiger partial charge in [0.05, 0.1) is 18.7 Å². The minimum atomic E-state index is -1.20. The highest BCUT2D eigenvalue weighted by Crippen LogP contribution is 2.10. The highest BCUT2D eigenvalue weighted by atomic mass is 16.4. The summed E-state index contributed by atoms with van der Waals surface area (Å²) in [5.74, 6) is -4.31. The highest BCUT2D eigenvalue weighted by molar-refractivity contribution is 5.94. The number of hydrogen-bond donors (Lipinski definition) is 8. The second kappa shape index (κ2) is 14.5. The van der Waals surface area contributed by atoms with Crippen molar-refractivity contribution in [2.45, 2.75) is 70.1 Å². The van der Waals surface area contributed by atoms with Crippen molar-refractivity contribution in [1.29, 1.82) is 0 Å². The molecular weight excluding hydrogens is 498 g/mol. The lowest BCUT2D eigenvalue weighted by Gasteiger charge is -2.26. The second-order valence-electron chi connectivity index (χ2n) is 9.01. The maximum atomic E-state index is 13.3. The first-order valence-corrected chi connectivity index (χ1v) is 12.1. The van der Waals surface area contributed by atoms with Gasteiger partial charge in [-0.15, -0.1) is 0 Å². The molecule has 10 N–H and O–H groups in total. The number of aromatic amines is 2. The zero-order valence-corrected chi connectivity index (χ0v) is 21.3. The van der Waals surface area contributed by atoms with Gasteiger partial charge in [-0.25, -0.2) is 14.8 Å². The molecule has 0 fully saturated rings. The Hall–Kier alpha value is -4.27. The molecule has 0 aromatic carbocycles. The van der Waals surface area contributed by atoms with Crippen LogP contribution in [0, 0.1) is 5.92 Å². The van der Waals surface area contributed by atoms with Gasteiger partial charge in [0.15, 0.2) is 0 Å². The second-order valence-corrected chi connectivity index (χ2v) is 9.01. The third-order valence-corrected chi connectivity index (χ3v) is 6.04. The van der Waals surface area contributed by atoms with Crippen molar-refractivity contribution in [2.24, 2.45) is 17.4 Å². The normalized spacial score (nSPS) is 14.9. The Kier molecular flexibility index (Phi) is 11.4. The predicted molar refractivity (Wildman–Crippen MR) is 134 cm³/mol. The van der Waals surface area contributed by atoms with Crippen LogP contribution in [0.4, 0.5) is 0 Å². The van der Waals surface area contributed by atoms with Gasteiger partial charge >= 0.3 is 5.97 Å². The Labute approximate surface area is 218 Å². The zero-order valence-electron chi connectivity index (χ0n) is 21.3. The molecule has 0 saturated carbocycles. The number of primary amides is 1. The smallest absolute Gasteiger partial charge is 0.326 e. The van der Waals surface area contributed by atoms with E-state index >= 15 is 0 Å². The molecule has 2 aromatic rings. The number of nitrogens with two attached hydrogens (primary N) is 2. The number of nitrogens with zero attached hydrogens (tertiary/aromatic N) is 2. The molecule has 5 atom stereocenters. The molecule has 0 radical (unpaired) electrons. The number of aromatic nitrogens is 4. The molecular formula is C23H35N9O6. The molecule has 0 aliphatic heterocycles. The molecule has 2 rings (SSSR count). The van der Waals surface area contributed by atoms with E-state index in [0.29, 0.717) is 17.8 Å². The van der Waals surface area contributed by atoms with Crippen molar-refractivity contribution in [2.75, 3.05) is 0 Å². The molecule has 15 nitrogen and oxygen atoms in total. The summed E-state index contributed by atoms with van der Waals surface area (Å²) < 4.78 is 0. The van der Waals surface area contributed by atoms with E-state index in [1.165, 1.54) is 25.0 Å². The number of H-pyrrole nitrogens is 2. The molecule has 0 spiro atoms. The van der Waals surface area contributed by atoms with Crippen molar-refractivity contribution in [3.8, 4) is 0 Å². The molecule has 0 aliphatic carbocycles. The van der Waals surface area contributed by atoms with Crippen LogP contribution >= 0.6 is 0 Å². The number of rotatable bonds is 16. The van der Waals surface area contributed by atoms with E-state index in [1.54, 1.807) is 13.8 Å². The number of hydrogen-bond acceptors (Lipinski definition) is 8. The number of carbonyl (C=O) groups is 5. The third-order valence-electron chi connectivity index (χ3n) is 6.04. The summed E-state index contributed by atoms with van der Waals surface area (Å²) >= 11 is 0. The minimum Gasteiger partial charge on any atom is -0.480 e. The first-order chi connectivity index (χ1) is 18.0. The molecule has 0 aliphatic rings. The average Bonchev–Trinajstić information content (AvgIpc) is 3.58. The Morgan fingerprint density at radius 2 is 1.42 bits per heavy atom. The van der Waals surface area contributed by atoms with Gasteiger partial charge in [-0.05, 0) is 12.3 Å². The van der Waals surface area contributed by atoms with Crippen LogP contribution in [0.3, 0.4) is 0 Å². The summed E-state index contributed by atoms with van der Waals surface area (Å²) in [7, 11) is 0. The molecule has 0 saturated heterocycles. The summed E-state index contributed by atoms with van der Waals surface area (Å²) in [4.78, 5) is 75.5. The van der Waals surface area contributed by atoms with Crippen LogP contribution in [-0.4, -0.2) is 78.8 Å². The Morgan fingerprint density at radius 3 is 1.84 bits per heavy atom. The van der Waals surface area contributed by atoms with Gasteiger partial charge in [0.1, 0.15) is 18.1 Å². The number of nitrogens with one attached hydrogen (secondary N) is 5. The van der Waals surface area contributed by atoms with Gasteiger partial charge in [-0.1, -0.05) is 20.3 Å². The summed E-state index contributed by atoms with van der Waals surface area (Å²) in [6.45, 7) is 3.49. The van der Waals surface area contributed by atoms with E-state index in [1.807, 2.05) is 0 Å². The lowest BCUT2D eigenvalue weighted by atomic mass is 9.98. The molecule has 0 bridgehead atoms. The molecule has 5 unspecified atom stereocenters. The molecule has 208 valence electrons. The molecule has 15 heteroatoms. The fourth-order valence-corrected chi connectivity index (χ4v) is 3.57. The molecule has 2 heterocycles. The standard InChI is InChI=1S/C23H35N9O6/c1-3-12(2)19(23(37)38)32-22(36)17(7-14-9-27-11-29-14)31-21(35)16(6-13-8-26-10-28-13)30-20(34)15(24)4-5-18(25)33/h8-12,15-17,19H,3-7,24H2,1-2H3,(H2,25,33)(H,26,28)(H,27,29)(H,30,34)(H,31,35)(H,32,36)(H,37,38).